The smallest absolute Gasteiger partial charge is 0.255 e. The Kier molecular flexibility index (Phi) is 4.91. The molecule has 1 fully saturated rings. The maximum Gasteiger partial charge on any atom is 0.255 e. The van der Waals surface area contributed by atoms with Crippen LogP contribution in [0.25, 0.3) is 16.9 Å². The first kappa shape index (κ1) is 22.8. The minimum absolute atomic E-state index is 0.0310. The molecule has 5 unspecified atom stereocenters. The van der Waals surface area contributed by atoms with Crippen molar-refractivity contribution >= 4 is 23.2 Å². The zero-order chi connectivity index (χ0) is 25.4. The standard InChI is InChI=1S/C26H23NO8/c1-10-13-7-12(11-5-3-2-4-6-11)8-15(28)18(13)22(31)20-17(10)21(30)14-9-16(29)19(25(27)34)23(32)26(14,35)24(20)33/h2-8,10,14,17,21,28,30-32,35H,9H2,1H3,(H2,27,34). The molecule has 2 aromatic carbocycles. The van der Waals surface area contributed by atoms with Crippen molar-refractivity contribution in [2.45, 2.75) is 31.0 Å². The molecule has 7 N–H and O–H groups in total. The SMILES string of the molecule is CC1c2cc(-c3ccccc3)cc(O)c2C(O)=C2C(=O)C3(O)C(O)=C(C(N)=O)C(=O)CC3C(O)C21. The second kappa shape index (κ2) is 7.53. The fourth-order valence-corrected chi connectivity index (χ4v) is 5.83. The summed E-state index contributed by atoms with van der Waals surface area (Å²) >= 11 is 0. The maximum atomic E-state index is 13.6. The van der Waals surface area contributed by atoms with E-state index in [0.29, 0.717) is 11.1 Å². The van der Waals surface area contributed by atoms with E-state index in [2.05, 4.69) is 0 Å². The van der Waals surface area contributed by atoms with Gasteiger partial charge in [0.25, 0.3) is 5.91 Å². The number of aliphatic hydroxyl groups is 4. The molecular formula is C26H23NO8. The highest BCUT2D eigenvalue weighted by atomic mass is 16.4. The van der Waals surface area contributed by atoms with Gasteiger partial charge in [-0.3, -0.25) is 14.4 Å². The number of Topliss-reactive ketones (excluding diaryl/α,β-unsaturated/α-hetero) is 2. The van der Waals surface area contributed by atoms with Crippen LogP contribution in [0.15, 0.2) is 59.4 Å². The van der Waals surface area contributed by atoms with Gasteiger partial charge < -0.3 is 31.3 Å². The number of hydrogen-bond acceptors (Lipinski definition) is 8. The molecule has 3 aliphatic carbocycles. The molecule has 0 heterocycles. The first-order valence-corrected chi connectivity index (χ1v) is 11.1. The number of rotatable bonds is 2. The highest BCUT2D eigenvalue weighted by Gasteiger charge is 2.64. The molecule has 2 aromatic rings. The van der Waals surface area contributed by atoms with Crippen LogP contribution in [0.3, 0.4) is 0 Å². The molecule has 5 atom stereocenters. The third-order valence-electron chi connectivity index (χ3n) is 7.55. The van der Waals surface area contributed by atoms with Gasteiger partial charge in [-0.05, 0) is 34.7 Å². The Hall–Kier alpha value is -3.95. The van der Waals surface area contributed by atoms with Gasteiger partial charge in [-0.1, -0.05) is 37.3 Å². The van der Waals surface area contributed by atoms with Gasteiger partial charge in [-0.25, -0.2) is 0 Å². The molecule has 0 saturated heterocycles. The molecule has 9 nitrogen and oxygen atoms in total. The quantitative estimate of drug-likeness (QED) is 0.353. The fourth-order valence-electron chi connectivity index (χ4n) is 5.83. The number of primary amides is 1. The first-order valence-electron chi connectivity index (χ1n) is 11.1. The molecule has 9 heteroatoms. The van der Waals surface area contributed by atoms with Crippen LogP contribution < -0.4 is 5.73 Å². The molecule has 35 heavy (non-hydrogen) atoms. The summed E-state index contributed by atoms with van der Waals surface area (Å²) < 4.78 is 0. The highest BCUT2D eigenvalue weighted by Crippen LogP contribution is 2.56. The minimum Gasteiger partial charge on any atom is -0.508 e. The number of phenols is 1. The number of amides is 1. The van der Waals surface area contributed by atoms with Crippen molar-refractivity contribution in [2.75, 3.05) is 0 Å². The lowest BCUT2D eigenvalue weighted by Gasteiger charge is -2.50. The van der Waals surface area contributed by atoms with E-state index in [-0.39, 0.29) is 11.3 Å². The normalized spacial score (nSPS) is 30.0. The monoisotopic (exact) mass is 477 g/mol. The summed E-state index contributed by atoms with van der Waals surface area (Å²) in [5.41, 5.74) is 2.91. The number of aliphatic hydroxyl groups excluding tert-OH is 3. The van der Waals surface area contributed by atoms with Crippen LogP contribution in [0.1, 0.15) is 30.4 Å². The van der Waals surface area contributed by atoms with E-state index in [1.54, 1.807) is 13.0 Å². The van der Waals surface area contributed by atoms with Crippen LogP contribution >= 0.6 is 0 Å². The Balaban J connectivity index is 1.74. The lowest BCUT2D eigenvalue weighted by Crippen LogP contribution is -2.63. The molecule has 0 spiro atoms. The van der Waals surface area contributed by atoms with Gasteiger partial charge in [0.1, 0.15) is 22.8 Å². The highest BCUT2D eigenvalue weighted by molar-refractivity contribution is 6.23. The van der Waals surface area contributed by atoms with Crippen LogP contribution in [0.4, 0.5) is 0 Å². The van der Waals surface area contributed by atoms with Crippen molar-refractivity contribution in [1.82, 2.24) is 0 Å². The second-order valence-electron chi connectivity index (χ2n) is 9.31. The molecule has 0 radical (unpaired) electrons. The molecule has 1 amide bonds. The summed E-state index contributed by atoms with van der Waals surface area (Å²) in [6.07, 6.45) is -2.16. The molecule has 0 bridgehead atoms. The number of carbonyl (C=O) groups is 3. The zero-order valence-electron chi connectivity index (χ0n) is 18.6. The number of phenolic OH excluding ortho intramolecular Hbond substituents is 1. The summed E-state index contributed by atoms with van der Waals surface area (Å²) in [6.45, 7) is 1.69. The van der Waals surface area contributed by atoms with Crippen molar-refractivity contribution < 1.29 is 39.9 Å². The summed E-state index contributed by atoms with van der Waals surface area (Å²) in [5, 5.41) is 55.2. The molecule has 0 aromatic heterocycles. The van der Waals surface area contributed by atoms with Crippen LogP contribution in [0.5, 0.6) is 5.75 Å². The summed E-state index contributed by atoms with van der Waals surface area (Å²) in [5.74, 6) is -8.75. The lowest BCUT2D eigenvalue weighted by atomic mass is 9.55. The molecule has 1 saturated carbocycles. The average Bonchev–Trinajstić information content (AvgIpc) is 2.81. The third kappa shape index (κ3) is 2.92. The van der Waals surface area contributed by atoms with Crippen LogP contribution in [-0.2, 0) is 14.4 Å². The van der Waals surface area contributed by atoms with Gasteiger partial charge in [-0.2, -0.15) is 0 Å². The van der Waals surface area contributed by atoms with E-state index in [9.17, 15) is 39.9 Å². The summed E-state index contributed by atoms with van der Waals surface area (Å²) in [4.78, 5) is 37.8. The number of fused-ring (bicyclic) bond motifs is 3. The first-order chi connectivity index (χ1) is 16.5. The van der Waals surface area contributed by atoms with Crippen LogP contribution in [0, 0.1) is 11.8 Å². The molecule has 0 aliphatic heterocycles. The molecular weight excluding hydrogens is 454 g/mol. The van der Waals surface area contributed by atoms with Gasteiger partial charge in [0.2, 0.25) is 5.78 Å². The van der Waals surface area contributed by atoms with Crippen molar-refractivity contribution in [3.63, 3.8) is 0 Å². The van der Waals surface area contributed by atoms with E-state index < -0.39 is 76.0 Å². The lowest BCUT2D eigenvalue weighted by molar-refractivity contribution is -0.160. The Bertz CT molecular complexity index is 1380. The largest absolute Gasteiger partial charge is 0.508 e. The Morgan fingerprint density at radius 2 is 1.71 bits per heavy atom. The summed E-state index contributed by atoms with van der Waals surface area (Å²) in [6, 6.07) is 12.4. The summed E-state index contributed by atoms with van der Waals surface area (Å²) in [7, 11) is 0. The number of aromatic hydroxyl groups is 1. The van der Waals surface area contributed by atoms with Gasteiger partial charge in [0.05, 0.1) is 11.7 Å². The second-order valence-corrected chi connectivity index (χ2v) is 9.31. The minimum atomic E-state index is -2.84. The topological polar surface area (TPSA) is 178 Å². The van der Waals surface area contributed by atoms with Crippen molar-refractivity contribution in [3.05, 3.63) is 70.5 Å². The maximum absolute atomic E-state index is 13.6. The van der Waals surface area contributed by atoms with E-state index >= 15 is 0 Å². The van der Waals surface area contributed by atoms with E-state index in [0.717, 1.165) is 5.56 Å². The van der Waals surface area contributed by atoms with E-state index in [1.807, 2.05) is 30.3 Å². The number of benzene rings is 2. The van der Waals surface area contributed by atoms with E-state index in [4.69, 9.17) is 5.73 Å². The van der Waals surface area contributed by atoms with Crippen LogP contribution in [-0.4, -0.2) is 54.7 Å². The van der Waals surface area contributed by atoms with Crippen molar-refractivity contribution in [1.29, 1.82) is 0 Å². The predicted octanol–water partition coefficient (Wildman–Crippen LogP) is 1.62. The zero-order valence-corrected chi connectivity index (χ0v) is 18.6. The van der Waals surface area contributed by atoms with Crippen molar-refractivity contribution in [3.8, 4) is 16.9 Å². The van der Waals surface area contributed by atoms with Gasteiger partial charge in [0, 0.05) is 23.8 Å². The average molecular weight is 477 g/mol. The molecule has 180 valence electrons. The Labute approximate surface area is 199 Å². The Morgan fingerprint density at radius 3 is 2.34 bits per heavy atom. The number of hydrogen-bond donors (Lipinski definition) is 6. The van der Waals surface area contributed by atoms with E-state index in [1.165, 1.54) is 6.07 Å². The molecule has 3 aliphatic rings. The van der Waals surface area contributed by atoms with Gasteiger partial charge >= 0.3 is 0 Å². The van der Waals surface area contributed by atoms with Gasteiger partial charge in [-0.15, -0.1) is 0 Å². The number of carbonyl (C=O) groups excluding carboxylic acids is 3. The fraction of sp³-hybridized carbons (Fsp3) is 0.269. The van der Waals surface area contributed by atoms with Crippen molar-refractivity contribution in [2.24, 2.45) is 17.6 Å². The van der Waals surface area contributed by atoms with Crippen LogP contribution in [0.2, 0.25) is 0 Å². The predicted molar refractivity (Wildman–Crippen MR) is 123 cm³/mol. The van der Waals surface area contributed by atoms with Gasteiger partial charge in [0.15, 0.2) is 11.4 Å². The Morgan fingerprint density at radius 1 is 1.06 bits per heavy atom. The third-order valence-corrected chi connectivity index (χ3v) is 7.55. The number of ketones is 2. The number of nitrogens with two attached hydrogens (primary N) is 1. The molecule has 5 rings (SSSR count).